The molecule has 0 saturated carbocycles. The molecule has 0 fully saturated rings. The van der Waals surface area contributed by atoms with Gasteiger partial charge in [-0.05, 0) is 72.0 Å². The topological polar surface area (TPSA) is 117 Å². The maximum Gasteiger partial charge on any atom is 0.341 e. The van der Waals surface area contributed by atoms with E-state index in [1.165, 1.54) is 28.7 Å². The Balaban J connectivity index is 1.12. The van der Waals surface area contributed by atoms with Crippen LogP contribution >= 0.6 is 23.1 Å². The van der Waals surface area contributed by atoms with Crippen molar-refractivity contribution in [2.24, 2.45) is 0 Å². The van der Waals surface area contributed by atoms with Crippen molar-refractivity contribution in [2.45, 2.75) is 36.6 Å². The molecule has 1 aliphatic rings. The molecule has 0 spiro atoms. The van der Waals surface area contributed by atoms with Crippen molar-refractivity contribution in [3.05, 3.63) is 190 Å². The van der Waals surface area contributed by atoms with Crippen LogP contribution in [0.3, 0.4) is 0 Å². The van der Waals surface area contributed by atoms with E-state index in [9.17, 15) is 19.2 Å². The Hall–Kier alpha value is -6.27. The lowest BCUT2D eigenvalue weighted by Crippen LogP contribution is -2.30. The zero-order valence-corrected chi connectivity index (χ0v) is 33.5. The van der Waals surface area contributed by atoms with Gasteiger partial charge in [0, 0.05) is 40.7 Å². The molecule has 11 heteroatoms. The first-order valence-corrected chi connectivity index (χ1v) is 20.7. The van der Waals surface area contributed by atoms with Gasteiger partial charge in [-0.1, -0.05) is 115 Å². The SMILES string of the molecule is CCOC(=O)c1c(NC(=O)C(Sc2cccc(NC(=O)/C(=C/c3ccccc3)NC(=O)c3ccccc3)c2)c2ccccc2)sc2c1CCN(Cc1ccccc1)C2. The van der Waals surface area contributed by atoms with Crippen molar-refractivity contribution in [2.75, 3.05) is 23.8 Å². The number of hydrogen-bond donors (Lipinski definition) is 3. The molecule has 5 aromatic carbocycles. The standard InChI is InChI=1S/C47H42N4O5S2/c1-2-56-47(55)41-38-26-27-51(30-33-18-9-4-10-19-33)31-40(38)58-46(41)50-45(54)42(34-20-11-5-12-21-34)57-37-25-15-24-36(29-37)48-44(53)39(28-32-16-7-3-8-17-32)49-43(52)35-22-13-6-14-23-35/h3-25,28-29,42H,2,26-27,30-31H2,1H3,(H,48,53)(H,49,52)(H,50,54)/b39-28-. The molecular formula is C47H42N4O5S2. The van der Waals surface area contributed by atoms with Crippen molar-refractivity contribution in [3.63, 3.8) is 0 Å². The third-order valence-corrected chi connectivity index (χ3v) is 11.8. The van der Waals surface area contributed by atoms with Gasteiger partial charge in [-0.15, -0.1) is 23.1 Å². The van der Waals surface area contributed by atoms with Crippen LogP contribution < -0.4 is 16.0 Å². The first kappa shape index (κ1) is 39.9. The molecule has 0 aliphatic carbocycles. The monoisotopic (exact) mass is 806 g/mol. The van der Waals surface area contributed by atoms with Crippen LogP contribution in [0.2, 0.25) is 0 Å². The highest BCUT2D eigenvalue weighted by Gasteiger charge is 2.31. The van der Waals surface area contributed by atoms with Crippen LogP contribution in [-0.2, 0) is 33.8 Å². The molecule has 1 atom stereocenters. The predicted molar refractivity (Wildman–Crippen MR) is 232 cm³/mol. The molecule has 6 aromatic rings. The summed E-state index contributed by atoms with van der Waals surface area (Å²) in [6.45, 7) is 4.21. The molecule has 0 saturated heterocycles. The first-order valence-electron chi connectivity index (χ1n) is 19.0. The van der Waals surface area contributed by atoms with Gasteiger partial charge in [0.2, 0.25) is 5.91 Å². The van der Waals surface area contributed by atoms with Crippen LogP contribution in [0.4, 0.5) is 10.7 Å². The van der Waals surface area contributed by atoms with Crippen molar-refractivity contribution in [1.82, 2.24) is 10.2 Å². The summed E-state index contributed by atoms with van der Waals surface area (Å²) < 4.78 is 5.51. The molecule has 292 valence electrons. The summed E-state index contributed by atoms with van der Waals surface area (Å²) in [6, 6.07) is 44.9. The lowest BCUT2D eigenvalue weighted by Gasteiger charge is -2.27. The number of thiophene rings is 1. The molecule has 9 nitrogen and oxygen atoms in total. The number of nitrogens with one attached hydrogen (secondary N) is 3. The minimum atomic E-state index is -0.713. The summed E-state index contributed by atoms with van der Waals surface area (Å²) in [5.41, 5.74) is 5.04. The van der Waals surface area contributed by atoms with E-state index in [2.05, 4.69) is 33.0 Å². The van der Waals surface area contributed by atoms with Gasteiger partial charge in [-0.2, -0.15) is 0 Å². The number of esters is 1. The predicted octanol–water partition coefficient (Wildman–Crippen LogP) is 9.36. The number of rotatable bonds is 14. The van der Waals surface area contributed by atoms with Gasteiger partial charge in [0.25, 0.3) is 11.8 Å². The van der Waals surface area contributed by atoms with E-state index in [1.807, 2.05) is 91.0 Å². The largest absolute Gasteiger partial charge is 0.462 e. The van der Waals surface area contributed by atoms with Crippen LogP contribution in [0, 0.1) is 0 Å². The second-order valence-electron chi connectivity index (χ2n) is 13.5. The summed E-state index contributed by atoms with van der Waals surface area (Å²) in [5.74, 6) is -1.67. The molecule has 58 heavy (non-hydrogen) atoms. The van der Waals surface area contributed by atoms with Gasteiger partial charge < -0.3 is 20.7 Å². The molecule has 7 rings (SSSR count). The molecule has 0 bridgehead atoms. The van der Waals surface area contributed by atoms with E-state index in [1.54, 1.807) is 55.5 Å². The number of carbonyl (C=O) groups is 4. The highest BCUT2D eigenvalue weighted by atomic mass is 32.2. The Labute approximate surface area is 346 Å². The highest BCUT2D eigenvalue weighted by Crippen LogP contribution is 2.41. The van der Waals surface area contributed by atoms with E-state index in [0.717, 1.165) is 39.6 Å². The molecule has 3 N–H and O–H groups in total. The maximum atomic E-state index is 14.4. The van der Waals surface area contributed by atoms with Gasteiger partial charge >= 0.3 is 5.97 Å². The zero-order chi connectivity index (χ0) is 40.3. The highest BCUT2D eigenvalue weighted by molar-refractivity contribution is 8.00. The summed E-state index contributed by atoms with van der Waals surface area (Å²) >= 11 is 2.75. The third kappa shape index (κ3) is 10.2. The second kappa shape index (κ2) is 19.3. The number of nitrogens with zero attached hydrogens (tertiary/aromatic N) is 1. The number of fused-ring (bicyclic) bond motifs is 1. The lowest BCUT2D eigenvalue weighted by molar-refractivity contribution is -0.116. The minimum Gasteiger partial charge on any atom is -0.462 e. The van der Waals surface area contributed by atoms with Crippen molar-refractivity contribution in [1.29, 1.82) is 0 Å². The Morgan fingerprint density at radius 3 is 2.19 bits per heavy atom. The number of carbonyl (C=O) groups excluding carboxylic acids is 4. The number of benzene rings is 5. The summed E-state index contributed by atoms with van der Waals surface area (Å²) in [6.07, 6.45) is 2.29. The van der Waals surface area contributed by atoms with Crippen molar-refractivity contribution in [3.8, 4) is 0 Å². The Bertz CT molecular complexity index is 2400. The molecule has 1 aliphatic heterocycles. The van der Waals surface area contributed by atoms with Gasteiger partial charge in [0.05, 0.1) is 12.2 Å². The Morgan fingerprint density at radius 1 is 0.810 bits per heavy atom. The molecule has 2 heterocycles. The third-order valence-electron chi connectivity index (χ3n) is 9.43. The van der Waals surface area contributed by atoms with E-state index in [-0.39, 0.29) is 18.2 Å². The quantitative estimate of drug-likeness (QED) is 0.0571. The fourth-order valence-corrected chi connectivity index (χ4v) is 9.02. The van der Waals surface area contributed by atoms with Crippen LogP contribution in [-0.4, -0.2) is 41.7 Å². The number of anilines is 2. The molecule has 3 amide bonds. The number of ether oxygens (including phenoxy) is 1. The zero-order valence-electron chi connectivity index (χ0n) is 31.9. The van der Waals surface area contributed by atoms with Crippen LogP contribution in [0.1, 0.15) is 60.0 Å². The second-order valence-corrected chi connectivity index (χ2v) is 15.8. The number of hydrogen-bond acceptors (Lipinski definition) is 8. The van der Waals surface area contributed by atoms with Gasteiger partial charge in [0.1, 0.15) is 15.9 Å². The average Bonchev–Trinajstić information content (AvgIpc) is 3.61. The maximum absolute atomic E-state index is 14.4. The lowest BCUT2D eigenvalue weighted by atomic mass is 10.0. The molecular weight excluding hydrogens is 765 g/mol. The minimum absolute atomic E-state index is 0.0684. The van der Waals surface area contributed by atoms with E-state index in [0.29, 0.717) is 34.8 Å². The first-order chi connectivity index (χ1) is 28.3. The smallest absolute Gasteiger partial charge is 0.341 e. The van der Waals surface area contributed by atoms with Crippen LogP contribution in [0.25, 0.3) is 6.08 Å². The fraction of sp³-hybridized carbons (Fsp3) is 0.149. The Morgan fingerprint density at radius 2 is 1.48 bits per heavy atom. The summed E-state index contributed by atoms with van der Waals surface area (Å²) in [7, 11) is 0. The number of thioether (sulfide) groups is 1. The molecule has 1 aromatic heterocycles. The van der Waals surface area contributed by atoms with Crippen LogP contribution in [0.5, 0.6) is 0 Å². The van der Waals surface area contributed by atoms with Crippen LogP contribution in [0.15, 0.2) is 156 Å². The summed E-state index contributed by atoms with van der Waals surface area (Å²) in [4.78, 5) is 58.9. The Kier molecular flexibility index (Phi) is 13.3. The molecule has 1 unspecified atom stereocenters. The van der Waals surface area contributed by atoms with E-state index >= 15 is 0 Å². The van der Waals surface area contributed by atoms with E-state index < -0.39 is 23.0 Å². The van der Waals surface area contributed by atoms with E-state index in [4.69, 9.17) is 4.74 Å². The summed E-state index contributed by atoms with van der Waals surface area (Å²) in [5, 5.41) is 8.60. The average molecular weight is 807 g/mol. The number of amides is 3. The van der Waals surface area contributed by atoms with Gasteiger partial charge in [0.15, 0.2) is 0 Å². The van der Waals surface area contributed by atoms with Crippen molar-refractivity contribution >= 4 is 63.6 Å². The fourth-order valence-electron chi connectivity index (χ4n) is 6.66. The van der Waals surface area contributed by atoms with Gasteiger partial charge in [-0.3, -0.25) is 19.3 Å². The normalized spacial score (nSPS) is 13.2. The molecule has 0 radical (unpaired) electrons. The van der Waals surface area contributed by atoms with Crippen molar-refractivity contribution < 1.29 is 23.9 Å². The van der Waals surface area contributed by atoms with Gasteiger partial charge in [-0.25, -0.2) is 4.79 Å².